The molecule has 3 rings (SSSR count). The molecule has 0 spiro atoms. The lowest BCUT2D eigenvalue weighted by atomic mass is 10.1. The summed E-state index contributed by atoms with van der Waals surface area (Å²) in [5.74, 6) is 0.683. The number of thioether (sulfide) groups is 1. The number of hydrogen-bond donors (Lipinski definition) is 0. The third-order valence-electron chi connectivity index (χ3n) is 4.43. The highest BCUT2D eigenvalue weighted by molar-refractivity contribution is 7.99. The van der Waals surface area contributed by atoms with E-state index < -0.39 is 12.1 Å². The minimum absolute atomic E-state index is 0.290. The third-order valence-corrected chi connectivity index (χ3v) is 5.47. The summed E-state index contributed by atoms with van der Waals surface area (Å²) in [7, 11) is 0. The number of carbonyl (C=O) groups is 1. The van der Waals surface area contributed by atoms with Crippen LogP contribution in [0.3, 0.4) is 0 Å². The van der Waals surface area contributed by atoms with E-state index in [2.05, 4.69) is 29.2 Å². The highest BCUT2D eigenvalue weighted by Crippen LogP contribution is 2.33. The number of benzene rings is 2. The van der Waals surface area contributed by atoms with E-state index in [0.29, 0.717) is 19.6 Å². The maximum absolute atomic E-state index is 11.1. The molecule has 0 aliphatic carbocycles. The molecule has 0 fully saturated rings. The first kappa shape index (κ1) is 19.6. The Balaban J connectivity index is 1.50. The van der Waals surface area contributed by atoms with Crippen LogP contribution in [-0.4, -0.2) is 44.1 Å². The molecule has 6 heteroatoms. The topological polar surface area (TPSA) is 61.8 Å². The summed E-state index contributed by atoms with van der Waals surface area (Å²) in [6.07, 6.45) is -0.627. The molecule has 0 saturated heterocycles. The number of aliphatic carboxylic acids is 1. The van der Waals surface area contributed by atoms with Crippen LogP contribution in [0, 0.1) is 0 Å². The monoisotopic (exact) mass is 386 g/mol. The molecular formula is C21H24NO4S-. The van der Waals surface area contributed by atoms with Gasteiger partial charge in [-0.15, -0.1) is 11.8 Å². The lowest BCUT2D eigenvalue weighted by Gasteiger charge is -2.30. The Bertz CT molecular complexity index is 750. The number of fused-ring (bicyclic) bond motifs is 1. The number of carboxylic acids is 1. The summed E-state index contributed by atoms with van der Waals surface area (Å²) in [5.41, 5.74) is 2.16. The van der Waals surface area contributed by atoms with Gasteiger partial charge < -0.3 is 24.3 Å². The van der Waals surface area contributed by atoms with Crippen LogP contribution in [-0.2, 0) is 16.0 Å². The predicted molar refractivity (Wildman–Crippen MR) is 105 cm³/mol. The van der Waals surface area contributed by atoms with E-state index in [9.17, 15) is 9.90 Å². The Morgan fingerprint density at radius 1 is 1.22 bits per heavy atom. The number of carboxylic acid groups (broad SMARTS) is 1. The summed E-state index contributed by atoms with van der Waals surface area (Å²) in [6, 6.07) is 15.9. The largest absolute Gasteiger partial charge is 0.547 e. The fourth-order valence-corrected chi connectivity index (χ4v) is 4.13. The van der Waals surface area contributed by atoms with Crippen molar-refractivity contribution in [3.8, 4) is 5.75 Å². The van der Waals surface area contributed by atoms with Crippen LogP contribution in [0.5, 0.6) is 5.75 Å². The van der Waals surface area contributed by atoms with Gasteiger partial charge in [-0.1, -0.05) is 24.3 Å². The van der Waals surface area contributed by atoms with Crippen LogP contribution < -0.4 is 14.7 Å². The lowest BCUT2D eigenvalue weighted by Crippen LogP contribution is -2.39. The second kappa shape index (κ2) is 9.67. The van der Waals surface area contributed by atoms with Crippen molar-refractivity contribution in [1.82, 2.24) is 0 Å². The van der Waals surface area contributed by atoms with Crippen molar-refractivity contribution in [3.05, 3.63) is 54.1 Å². The highest BCUT2D eigenvalue weighted by atomic mass is 32.2. The van der Waals surface area contributed by atoms with Crippen LogP contribution in [0.15, 0.2) is 53.4 Å². The van der Waals surface area contributed by atoms with Gasteiger partial charge in [0.2, 0.25) is 0 Å². The first-order chi connectivity index (χ1) is 13.2. The quantitative estimate of drug-likeness (QED) is 0.659. The Labute approximate surface area is 164 Å². The Morgan fingerprint density at radius 2 is 2.00 bits per heavy atom. The predicted octanol–water partition coefficient (Wildman–Crippen LogP) is 2.38. The summed E-state index contributed by atoms with van der Waals surface area (Å²) in [5, 5.41) is 11.1. The van der Waals surface area contributed by atoms with Gasteiger partial charge in [-0.2, -0.15) is 0 Å². The van der Waals surface area contributed by atoms with E-state index in [4.69, 9.17) is 9.47 Å². The van der Waals surface area contributed by atoms with E-state index in [-0.39, 0.29) is 0 Å². The summed E-state index contributed by atoms with van der Waals surface area (Å²) in [6.45, 7) is 4.56. The number of hydrogen-bond acceptors (Lipinski definition) is 6. The first-order valence-electron chi connectivity index (χ1n) is 9.18. The van der Waals surface area contributed by atoms with E-state index in [0.717, 1.165) is 30.2 Å². The van der Waals surface area contributed by atoms with Gasteiger partial charge in [0, 0.05) is 30.2 Å². The normalized spacial score (nSPS) is 14.5. The van der Waals surface area contributed by atoms with Gasteiger partial charge in [0.15, 0.2) is 0 Å². The molecule has 0 unspecified atom stereocenters. The summed E-state index contributed by atoms with van der Waals surface area (Å²) >= 11 is 1.90. The number of para-hydroxylation sites is 1. The van der Waals surface area contributed by atoms with E-state index in [1.807, 2.05) is 36.0 Å². The molecule has 1 heterocycles. The number of rotatable bonds is 9. The van der Waals surface area contributed by atoms with Crippen molar-refractivity contribution in [2.45, 2.75) is 24.3 Å². The molecule has 5 nitrogen and oxygen atoms in total. The molecule has 0 aromatic heterocycles. The average Bonchev–Trinajstić information content (AvgIpc) is 2.69. The third kappa shape index (κ3) is 5.40. The Kier molecular flexibility index (Phi) is 7.01. The molecule has 1 aliphatic heterocycles. The van der Waals surface area contributed by atoms with Gasteiger partial charge in [0.05, 0.1) is 18.2 Å². The van der Waals surface area contributed by atoms with Gasteiger partial charge >= 0.3 is 0 Å². The average molecular weight is 386 g/mol. The fraction of sp³-hybridized carbons (Fsp3) is 0.381. The number of ether oxygens (including phenoxy) is 2. The molecule has 0 radical (unpaired) electrons. The number of anilines is 1. The fourth-order valence-electron chi connectivity index (χ4n) is 3.08. The first-order valence-corrected chi connectivity index (χ1v) is 10.2. The highest BCUT2D eigenvalue weighted by Gasteiger charge is 2.16. The molecule has 1 aliphatic rings. The van der Waals surface area contributed by atoms with Crippen LogP contribution >= 0.6 is 11.8 Å². The second-order valence-electron chi connectivity index (χ2n) is 6.26. The molecule has 144 valence electrons. The lowest BCUT2D eigenvalue weighted by molar-refractivity contribution is -0.316. The molecule has 0 amide bonds. The minimum atomic E-state index is -1.18. The van der Waals surface area contributed by atoms with E-state index in [1.165, 1.54) is 10.6 Å². The zero-order valence-electron chi connectivity index (χ0n) is 15.4. The van der Waals surface area contributed by atoms with Gasteiger partial charge in [0.25, 0.3) is 0 Å². The zero-order chi connectivity index (χ0) is 19.1. The van der Waals surface area contributed by atoms with Crippen LogP contribution in [0.1, 0.15) is 12.5 Å². The molecule has 0 bridgehead atoms. The number of nitrogens with zero attached hydrogens (tertiary/aromatic N) is 1. The maximum Gasteiger partial charge on any atom is 0.119 e. The second-order valence-corrected chi connectivity index (χ2v) is 7.40. The molecule has 0 saturated carbocycles. The molecule has 0 N–H and O–H groups in total. The smallest absolute Gasteiger partial charge is 0.119 e. The maximum atomic E-state index is 11.1. The van der Waals surface area contributed by atoms with Crippen molar-refractivity contribution in [3.63, 3.8) is 0 Å². The Hall–Kier alpha value is -2.18. The van der Waals surface area contributed by atoms with Gasteiger partial charge in [-0.3, -0.25) is 0 Å². The SMILES string of the molecule is CCO[C@@H](Cc1ccc(OCCN2CCSc3ccccc32)cc1)C(=O)[O-]. The van der Waals surface area contributed by atoms with Gasteiger partial charge in [-0.25, -0.2) is 0 Å². The zero-order valence-corrected chi connectivity index (χ0v) is 16.2. The molecule has 27 heavy (non-hydrogen) atoms. The molecule has 2 aromatic rings. The minimum Gasteiger partial charge on any atom is -0.547 e. The van der Waals surface area contributed by atoms with Crippen molar-refractivity contribution < 1.29 is 19.4 Å². The standard InChI is InChI=1S/C21H25NO4S/c1-2-25-19(21(23)24)15-16-7-9-17(10-8-16)26-13-11-22-12-14-27-20-6-4-3-5-18(20)22/h3-10,19H,2,11-15H2,1H3,(H,23,24)/p-1/t19-/m0/s1. The van der Waals surface area contributed by atoms with Crippen molar-refractivity contribution >= 4 is 23.4 Å². The van der Waals surface area contributed by atoms with Crippen LogP contribution in [0.2, 0.25) is 0 Å². The van der Waals surface area contributed by atoms with Crippen LogP contribution in [0.25, 0.3) is 0 Å². The van der Waals surface area contributed by atoms with Crippen LogP contribution in [0.4, 0.5) is 5.69 Å². The Morgan fingerprint density at radius 3 is 2.74 bits per heavy atom. The molecule has 2 aromatic carbocycles. The summed E-state index contributed by atoms with van der Waals surface area (Å²) in [4.78, 5) is 14.8. The van der Waals surface area contributed by atoms with Crippen molar-refractivity contribution in [2.75, 3.05) is 37.0 Å². The van der Waals surface area contributed by atoms with Gasteiger partial charge in [-0.05, 0) is 36.8 Å². The van der Waals surface area contributed by atoms with Crippen molar-refractivity contribution in [1.29, 1.82) is 0 Å². The van der Waals surface area contributed by atoms with E-state index >= 15 is 0 Å². The van der Waals surface area contributed by atoms with Gasteiger partial charge in [0.1, 0.15) is 18.5 Å². The van der Waals surface area contributed by atoms with E-state index in [1.54, 1.807) is 6.92 Å². The van der Waals surface area contributed by atoms with Crippen molar-refractivity contribution in [2.24, 2.45) is 0 Å². The number of carbonyl (C=O) groups excluding carboxylic acids is 1. The molecule has 1 atom stereocenters. The molecular weight excluding hydrogens is 362 g/mol. The summed E-state index contributed by atoms with van der Waals surface area (Å²) < 4.78 is 11.1.